The van der Waals surface area contributed by atoms with Gasteiger partial charge in [0, 0.05) is 24.5 Å². The molecule has 2 aromatic carbocycles. The van der Waals surface area contributed by atoms with Gasteiger partial charge >= 0.3 is 12.1 Å². The lowest BCUT2D eigenvalue weighted by atomic mass is 9.85. The number of fused-ring (bicyclic) bond motifs is 5. The number of carbonyl (C=O) groups is 3. The van der Waals surface area contributed by atoms with Crippen LogP contribution in [0.1, 0.15) is 56.6 Å². The van der Waals surface area contributed by atoms with Gasteiger partial charge in [0.25, 0.3) is 0 Å². The van der Waals surface area contributed by atoms with Crippen molar-refractivity contribution in [3.63, 3.8) is 0 Å². The van der Waals surface area contributed by atoms with Crippen LogP contribution in [0.2, 0.25) is 0 Å². The standard InChI is InChI=1S/C28H32N2O5/c1-3-28(2,26(33)30-17-12-13-24(30)22(14-17)25(31)32)16-29-27(34)35-15-23-20-10-6-4-8-18(20)19-9-5-7-11-21(19)23/h4-11,17,22-24H,3,12-16H2,1-2H3,(H,29,34)(H,31,32)/t17-,22+,24+,28?/m1/s1. The van der Waals surface area contributed by atoms with Crippen molar-refractivity contribution in [1.29, 1.82) is 0 Å². The molecule has 2 fully saturated rings. The Labute approximate surface area is 205 Å². The van der Waals surface area contributed by atoms with Crippen LogP contribution in [-0.2, 0) is 14.3 Å². The number of carbonyl (C=O) groups excluding carboxylic acids is 2. The first-order valence-electron chi connectivity index (χ1n) is 12.5. The summed E-state index contributed by atoms with van der Waals surface area (Å²) in [6.45, 7) is 4.12. The first-order valence-corrected chi connectivity index (χ1v) is 12.5. The van der Waals surface area contributed by atoms with Crippen LogP contribution < -0.4 is 5.32 Å². The SMILES string of the molecule is CCC(C)(CNC(=O)OCC1c2ccccc2-c2ccccc21)C(=O)N1[C@@H]2CC[C@H]1[C@@H](C(=O)O)C2. The van der Waals surface area contributed by atoms with Gasteiger partial charge in [-0.05, 0) is 54.9 Å². The minimum Gasteiger partial charge on any atom is -0.481 e. The quantitative estimate of drug-likeness (QED) is 0.617. The van der Waals surface area contributed by atoms with Crippen molar-refractivity contribution in [3.05, 3.63) is 59.7 Å². The lowest BCUT2D eigenvalue weighted by molar-refractivity contribution is -0.145. The zero-order valence-electron chi connectivity index (χ0n) is 20.2. The monoisotopic (exact) mass is 476 g/mol. The molecule has 2 N–H and O–H groups in total. The number of amides is 2. The van der Waals surface area contributed by atoms with E-state index in [4.69, 9.17) is 4.74 Å². The minimum atomic E-state index is -0.829. The summed E-state index contributed by atoms with van der Waals surface area (Å²) in [6, 6.07) is 16.1. The van der Waals surface area contributed by atoms with E-state index in [9.17, 15) is 19.5 Å². The van der Waals surface area contributed by atoms with Gasteiger partial charge in [0.2, 0.25) is 5.91 Å². The van der Waals surface area contributed by atoms with E-state index in [1.165, 1.54) is 11.1 Å². The molecule has 2 aromatic rings. The molecule has 1 unspecified atom stereocenters. The number of hydrogen-bond donors (Lipinski definition) is 2. The van der Waals surface area contributed by atoms with Crippen molar-refractivity contribution in [2.75, 3.05) is 13.2 Å². The van der Waals surface area contributed by atoms with E-state index in [1.54, 1.807) is 4.90 Å². The van der Waals surface area contributed by atoms with Crippen molar-refractivity contribution in [1.82, 2.24) is 10.2 Å². The van der Waals surface area contributed by atoms with E-state index in [-0.39, 0.29) is 37.1 Å². The first kappa shape index (κ1) is 23.4. The summed E-state index contributed by atoms with van der Waals surface area (Å²) < 4.78 is 5.64. The lowest BCUT2D eigenvalue weighted by Crippen LogP contribution is -2.50. The molecule has 2 heterocycles. The topological polar surface area (TPSA) is 95.9 Å². The molecule has 1 aliphatic carbocycles. The summed E-state index contributed by atoms with van der Waals surface area (Å²) in [5.74, 6) is -1.42. The lowest BCUT2D eigenvalue weighted by Gasteiger charge is -2.34. The van der Waals surface area contributed by atoms with E-state index in [0.717, 1.165) is 24.0 Å². The van der Waals surface area contributed by atoms with Gasteiger partial charge in [-0.1, -0.05) is 55.5 Å². The Morgan fingerprint density at radius 3 is 2.26 bits per heavy atom. The van der Waals surface area contributed by atoms with Gasteiger partial charge in [-0.25, -0.2) is 4.79 Å². The van der Waals surface area contributed by atoms with Crippen molar-refractivity contribution in [2.45, 2.75) is 57.5 Å². The van der Waals surface area contributed by atoms with Gasteiger partial charge < -0.3 is 20.1 Å². The highest BCUT2D eigenvalue weighted by Gasteiger charge is 2.54. The molecule has 2 amide bonds. The highest BCUT2D eigenvalue weighted by molar-refractivity contribution is 5.86. The van der Waals surface area contributed by atoms with Crippen LogP contribution in [0.3, 0.4) is 0 Å². The van der Waals surface area contributed by atoms with Gasteiger partial charge in [0.15, 0.2) is 0 Å². The van der Waals surface area contributed by atoms with Crippen LogP contribution in [0.25, 0.3) is 11.1 Å². The summed E-state index contributed by atoms with van der Waals surface area (Å²) in [4.78, 5) is 39.6. The number of rotatable bonds is 7. The Balaban J connectivity index is 1.22. The van der Waals surface area contributed by atoms with E-state index in [1.807, 2.05) is 38.1 Å². The predicted octanol–water partition coefficient (Wildman–Crippen LogP) is 4.41. The summed E-state index contributed by atoms with van der Waals surface area (Å²) in [5.41, 5.74) is 3.81. The van der Waals surface area contributed by atoms with Gasteiger partial charge in [-0.3, -0.25) is 9.59 Å². The number of carboxylic acid groups (broad SMARTS) is 1. The number of ether oxygens (including phenoxy) is 1. The third-order valence-corrected chi connectivity index (χ3v) is 8.35. The Morgan fingerprint density at radius 2 is 1.69 bits per heavy atom. The Hall–Kier alpha value is -3.35. The Morgan fingerprint density at radius 1 is 1.06 bits per heavy atom. The van der Waals surface area contributed by atoms with Crippen LogP contribution >= 0.6 is 0 Å². The Bertz CT molecular complexity index is 1120. The fourth-order valence-electron chi connectivity index (χ4n) is 6.15. The van der Waals surface area contributed by atoms with Gasteiger partial charge in [-0.2, -0.15) is 0 Å². The number of nitrogens with zero attached hydrogens (tertiary/aromatic N) is 1. The van der Waals surface area contributed by atoms with E-state index in [0.29, 0.717) is 12.8 Å². The molecule has 0 radical (unpaired) electrons. The fourth-order valence-corrected chi connectivity index (χ4v) is 6.15. The van der Waals surface area contributed by atoms with Crippen LogP contribution in [0, 0.1) is 11.3 Å². The predicted molar refractivity (Wildman–Crippen MR) is 131 cm³/mol. The highest BCUT2D eigenvalue weighted by Crippen LogP contribution is 2.45. The van der Waals surface area contributed by atoms with E-state index >= 15 is 0 Å². The summed E-state index contributed by atoms with van der Waals surface area (Å²) in [7, 11) is 0. The molecule has 184 valence electrons. The van der Waals surface area contributed by atoms with Gasteiger partial charge in [-0.15, -0.1) is 0 Å². The number of hydrogen-bond acceptors (Lipinski definition) is 4. The third-order valence-electron chi connectivity index (χ3n) is 8.35. The molecular weight excluding hydrogens is 444 g/mol. The summed E-state index contributed by atoms with van der Waals surface area (Å²) in [5, 5.41) is 12.3. The molecule has 0 spiro atoms. The maximum absolute atomic E-state index is 13.5. The summed E-state index contributed by atoms with van der Waals surface area (Å²) in [6.07, 6.45) is 2.08. The largest absolute Gasteiger partial charge is 0.481 e. The maximum Gasteiger partial charge on any atom is 0.407 e. The highest BCUT2D eigenvalue weighted by atomic mass is 16.5. The zero-order valence-corrected chi connectivity index (χ0v) is 20.2. The van der Waals surface area contributed by atoms with Crippen LogP contribution in [-0.4, -0.2) is 53.2 Å². The molecule has 0 saturated carbocycles. The second kappa shape index (κ2) is 9.02. The third kappa shape index (κ3) is 3.97. The van der Waals surface area contributed by atoms with Crippen molar-refractivity contribution >= 4 is 18.0 Å². The zero-order chi connectivity index (χ0) is 24.7. The van der Waals surface area contributed by atoms with E-state index < -0.39 is 23.4 Å². The normalized spacial score (nSPS) is 23.9. The molecule has 35 heavy (non-hydrogen) atoms. The molecule has 2 bridgehead atoms. The number of benzene rings is 2. The Kier molecular flexibility index (Phi) is 6.03. The molecular formula is C28H32N2O5. The molecule has 2 saturated heterocycles. The minimum absolute atomic E-state index is 0.0195. The number of alkyl carbamates (subject to hydrolysis) is 1. The van der Waals surface area contributed by atoms with E-state index in [2.05, 4.69) is 29.6 Å². The van der Waals surface area contributed by atoms with Gasteiger partial charge in [0.1, 0.15) is 6.61 Å². The molecule has 0 aromatic heterocycles. The smallest absolute Gasteiger partial charge is 0.407 e. The van der Waals surface area contributed by atoms with Crippen LogP contribution in [0.5, 0.6) is 0 Å². The van der Waals surface area contributed by atoms with Crippen LogP contribution in [0.15, 0.2) is 48.5 Å². The van der Waals surface area contributed by atoms with Crippen molar-refractivity contribution in [3.8, 4) is 11.1 Å². The number of nitrogens with one attached hydrogen (secondary N) is 1. The van der Waals surface area contributed by atoms with Crippen LogP contribution in [0.4, 0.5) is 4.79 Å². The average molecular weight is 477 g/mol. The van der Waals surface area contributed by atoms with Crippen molar-refractivity contribution < 1.29 is 24.2 Å². The van der Waals surface area contributed by atoms with Gasteiger partial charge in [0.05, 0.1) is 11.3 Å². The second-order valence-electron chi connectivity index (χ2n) is 10.3. The number of carboxylic acids is 1. The molecule has 7 nitrogen and oxygen atoms in total. The second-order valence-corrected chi connectivity index (χ2v) is 10.3. The summed E-state index contributed by atoms with van der Waals surface area (Å²) >= 11 is 0. The molecule has 3 aliphatic rings. The number of aliphatic carboxylic acids is 1. The maximum atomic E-state index is 13.5. The van der Waals surface area contributed by atoms with Crippen molar-refractivity contribution in [2.24, 2.45) is 11.3 Å². The molecule has 7 heteroatoms. The molecule has 5 rings (SSSR count). The average Bonchev–Trinajstić information content (AvgIpc) is 3.55. The molecule has 2 aliphatic heterocycles. The fraction of sp³-hybridized carbons (Fsp3) is 0.464. The molecule has 4 atom stereocenters. The first-order chi connectivity index (χ1) is 16.8.